The smallest absolute Gasteiger partial charge is 0.251 e. The molecule has 0 aliphatic heterocycles. The molecule has 2 N–H and O–H groups in total. The molecular weight excluding hydrogens is 306 g/mol. The Balaban J connectivity index is 2.55. The molecule has 1 aromatic rings. The number of nitrogens with zero attached hydrogens (tertiary/aromatic N) is 1. The zero-order valence-corrected chi connectivity index (χ0v) is 15.1. The van der Waals surface area contributed by atoms with Crippen LogP contribution in [0.3, 0.4) is 0 Å². The number of aryl methyl sites for hydroxylation is 1. The summed E-state index contributed by atoms with van der Waals surface area (Å²) in [5.74, 6) is -0.812. The van der Waals surface area contributed by atoms with Crippen molar-refractivity contribution in [3.63, 3.8) is 0 Å². The van der Waals surface area contributed by atoms with Gasteiger partial charge in [-0.05, 0) is 46.8 Å². The van der Waals surface area contributed by atoms with Gasteiger partial charge in [-0.2, -0.15) is 0 Å². The molecule has 0 saturated heterocycles. The third kappa shape index (κ3) is 6.81. The maximum atomic E-state index is 12.2. The first-order valence-electron chi connectivity index (χ1n) is 8.06. The molecule has 6 heteroatoms. The summed E-state index contributed by atoms with van der Waals surface area (Å²) >= 11 is 0. The van der Waals surface area contributed by atoms with Crippen molar-refractivity contribution in [2.75, 3.05) is 19.6 Å². The van der Waals surface area contributed by atoms with Gasteiger partial charge >= 0.3 is 0 Å². The van der Waals surface area contributed by atoms with Crippen molar-refractivity contribution >= 4 is 17.7 Å². The number of likely N-dealkylation sites (N-methyl/N-ethyl adjacent to an activating group) is 1. The van der Waals surface area contributed by atoms with Crippen LogP contribution in [-0.2, 0) is 9.59 Å². The van der Waals surface area contributed by atoms with E-state index in [9.17, 15) is 14.4 Å². The van der Waals surface area contributed by atoms with Crippen molar-refractivity contribution in [1.82, 2.24) is 15.5 Å². The third-order valence-corrected chi connectivity index (χ3v) is 3.26. The molecule has 0 fully saturated rings. The Morgan fingerprint density at radius 2 is 1.83 bits per heavy atom. The van der Waals surface area contributed by atoms with Gasteiger partial charge in [0.2, 0.25) is 11.8 Å². The Hall–Kier alpha value is -2.37. The van der Waals surface area contributed by atoms with Crippen LogP contribution in [-0.4, -0.2) is 47.8 Å². The van der Waals surface area contributed by atoms with Crippen LogP contribution < -0.4 is 10.6 Å². The van der Waals surface area contributed by atoms with Crippen LogP contribution in [0.2, 0.25) is 0 Å². The maximum Gasteiger partial charge on any atom is 0.251 e. The fraction of sp³-hybridized carbons (Fsp3) is 0.500. The summed E-state index contributed by atoms with van der Waals surface area (Å²) in [6.07, 6.45) is 0. The summed E-state index contributed by atoms with van der Waals surface area (Å²) in [5.41, 5.74) is 1.14. The SMILES string of the molecule is CCN(CC(=O)NC(C)(C)C)C(=O)CNC(=O)c1cccc(C)c1. The molecular formula is C18H27N3O3. The molecule has 0 unspecified atom stereocenters. The van der Waals surface area contributed by atoms with Gasteiger partial charge in [0, 0.05) is 17.6 Å². The van der Waals surface area contributed by atoms with Gasteiger partial charge in [-0.25, -0.2) is 0 Å². The van der Waals surface area contributed by atoms with E-state index in [1.54, 1.807) is 25.1 Å². The molecule has 132 valence electrons. The Bertz CT molecular complexity index is 606. The molecule has 0 aliphatic rings. The number of nitrogens with one attached hydrogen (secondary N) is 2. The van der Waals surface area contributed by atoms with Crippen molar-refractivity contribution in [2.45, 2.75) is 40.2 Å². The van der Waals surface area contributed by atoms with Crippen LogP contribution in [0.1, 0.15) is 43.6 Å². The van der Waals surface area contributed by atoms with Gasteiger partial charge in [-0.3, -0.25) is 14.4 Å². The Morgan fingerprint density at radius 1 is 1.17 bits per heavy atom. The summed E-state index contributed by atoms with van der Waals surface area (Å²) in [6.45, 7) is 9.58. The van der Waals surface area contributed by atoms with Crippen LogP contribution in [0.5, 0.6) is 0 Å². The minimum Gasteiger partial charge on any atom is -0.350 e. The first kappa shape index (κ1) is 19.7. The highest BCUT2D eigenvalue weighted by atomic mass is 16.2. The van der Waals surface area contributed by atoms with Crippen LogP contribution >= 0.6 is 0 Å². The van der Waals surface area contributed by atoms with Crippen molar-refractivity contribution in [3.8, 4) is 0 Å². The highest BCUT2D eigenvalue weighted by Gasteiger charge is 2.19. The Labute approximate surface area is 143 Å². The lowest BCUT2D eigenvalue weighted by Crippen LogP contribution is -2.49. The second-order valence-corrected chi connectivity index (χ2v) is 6.76. The highest BCUT2D eigenvalue weighted by Crippen LogP contribution is 2.03. The normalized spacial score (nSPS) is 10.9. The zero-order valence-electron chi connectivity index (χ0n) is 15.1. The molecule has 0 saturated carbocycles. The topological polar surface area (TPSA) is 78.5 Å². The molecule has 0 spiro atoms. The van der Waals surface area contributed by atoms with Gasteiger partial charge in [-0.1, -0.05) is 17.7 Å². The first-order chi connectivity index (χ1) is 11.1. The minimum absolute atomic E-state index is 0.0209. The molecule has 0 atom stereocenters. The van der Waals surface area contributed by atoms with E-state index in [1.165, 1.54) is 4.90 Å². The van der Waals surface area contributed by atoms with Gasteiger partial charge in [-0.15, -0.1) is 0 Å². The van der Waals surface area contributed by atoms with Gasteiger partial charge in [0.15, 0.2) is 0 Å². The van der Waals surface area contributed by atoms with Crippen LogP contribution in [0, 0.1) is 6.92 Å². The average molecular weight is 333 g/mol. The quantitative estimate of drug-likeness (QED) is 0.828. The third-order valence-electron chi connectivity index (χ3n) is 3.26. The average Bonchev–Trinajstić information content (AvgIpc) is 2.48. The van der Waals surface area contributed by atoms with Gasteiger partial charge < -0.3 is 15.5 Å². The van der Waals surface area contributed by atoms with Crippen LogP contribution in [0.25, 0.3) is 0 Å². The molecule has 1 aromatic carbocycles. The van der Waals surface area contributed by atoms with Gasteiger partial charge in [0.1, 0.15) is 0 Å². The Kier molecular flexibility index (Phi) is 6.95. The minimum atomic E-state index is -0.348. The molecule has 0 radical (unpaired) electrons. The lowest BCUT2D eigenvalue weighted by molar-refractivity contribution is -0.135. The van der Waals surface area contributed by atoms with Crippen molar-refractivity contribution in [3.05, 3.63) is 35.4 Å². The Morgan fingerprint density at radius 3 is 2.38 bits per heavy atom. The number of hydrogen-bond donors (Lipinski definition) is 2. The lowest BCUT2D eigenvalue weighted by atomic mass is 10.1. The summed E-state index contributed by atoms with van der Waals surface area (Å²) in [5, 5.41) is 5.42. The van der Waals surface area contributed by atoms with E-state index in [1.807, 2.05) is 33.8 Å². The molecule has 0 heterocycles. The molecule has 0 aliphatic carbocycles. The standard InChI is InChI=1S/C18H27N3O3/c1-6-21(12-15(22)20-18(3,4)5)16(23)11-19-17(24)14-9-7-8-13(2)10-14/h7-10H,6,11-12H2,1-5H3,(H,19,24)(H,20,22). The maximum absolute atomic E-state index is 12.2. The predicted octanol–water partition coefficient (Wildman–Crippen LogP) is 1.49. The van der Waals surface area contributed by atoms with E-state index in [0.717, 1.165) is 5.56 Å². The van der Waals surface area contributed by atoms with E-state index in [-0.39, 0.29) is 36.3 Å². The molecule has 0 bridgehead atoms. The largest absolute Gasteiger partial charge is 0.350 e. The lowest BCUT2D eigenvalue weighted by Gasteiger charge is -2.25. The fourth-order valence-electron chi connectivity index (χ4n) is 2.16. The number of carbonyl (C=O) groups is 3. The van der Waals surface area contributed by atoms with E-state index in [2.05, 4.69) is 10.6 Å². The second kappa shape index (κ2) is 8.47. The van der Waals surface area contributed by atoms with Gasteiger partial charge in [0.25, 0.3) is 5.91 Å². The predicted molar refractivity (Wildman–Crippen MR) is 93.7 cm³/mol. The monoisotopic (exact) mass is 333 g/mol. The van der Waals surface area contributed by atoms with E-state index in [4.69, 9.17) is 0 Å². The van der Waals surface area contributed by atoms with Crippen molar-refractivity contribution in [2.24, 2.45) is 0 Å². The number of amides is 3. The van der Waals surface area contributed by atoms with E-state index in [0.29, 0.717) is 12.1 Å². The molecule has 1 rings (SSSR count). The van der Waals surface area contributed by atoms with Crippen LogP contribution in [0.4, 0.5) is 0 Å². The summed E-state index contributed by atoms with van der Waals surface area (Å²) < 4.78 is 0. The van der Waals surface area contributed by atoms with Crippen LogP contribution in [0.15, 0.2) is 24.3 Å². The molecule has 24 heavy (non-hydrogen) atoms. The summed E-state index contributed by atoms with van der Waals surface area (Å²) in [4.78, 5) is 37.6. The summed E-state index contributed by atoms with van der Waals surface area (Å²) in [7, 11) is 0. The van der Waals surface area contributed by atoms with Crippen molar-refractivity contribution in [1.29, 1.82) is 0 Å². The van der Waals surface area contributed by atoms with Gasteiger partial charge in [0.05, 0.1) is 13.1 Å². The van der Waals surface area contributed by atoms with E-state index < -0.39 is 0 Å². The molecule has 6 nitrogen and oxygen atoms in total. The zero-order chi connectivity index (χ0) is 18.3. The van der Waals surface area contributed by atoms with Crippen molar-refractivity contribution < 1.29 is 14.4 Å². The number of carbonyl (C=O) groups excluding carboxylic acids is 3. The number of benzene rings is 1. The molecule has 3 amide bonds. The fourth-order valence-corrected chi connectivity index (χ4v) is 2.16. The number of hydrogen-bond acceptors (Lipinski definition) is 3. The summed E-state index contributed by atoms with van der Waals surface area (Å²) in [6, 6.07) is 7.14. The second-order valence-electron chi connectivity index (χ2n) is 6.76. The first-order valence-corrected chi connectivity index (χ1v) is 8.06. The molecule has 0 aromatic heterocycles. The highest BCUT2D eigenvalue weighted by molar-refractivity contribution is 5.97. The van der Waals surface area contributed by atoms with E-state index >= 15 is 0 Å². The number of rotatable bonds is 6.